The van der Waals surface area contributed by atoms with Gasteiger partial charge in [-0.2, -0.15) is 0 Å². The largest absolute Gasteiger partial charge is 0.448 e. The molecule has 1 aliphatic heterocycles. The van der Waals surface area contributed by atoms with Crippen molar-refractivity contribution in [2.45, 2.75) is 90.6 Å². The number of hydrogen-bond acceptors (Lipinski definition) is 9. The summed E-state index contributed by atoms with van der Waals surface area (Å²) in [6, 6.07) is -0.223. The molecule has 1 unspecified atom stereocenters. The van der Waals surface area contributed by atoms with Crippen LogP contribution in [0.4, 0.5) is 14.4 Å². The number of nitrogens with one attached hydrogen (secondary N) is 2. The van der Waals surface area contributed by atoms with Crippen molar-refractivity contribution in [2.75, 3.05) is 13.2 Å². The summed E-state index contributed by atoms with van der Waals surface area (Å²) in [6.45, 7) is 12.4. The minimum atomic E-state index is -0.964. The highest BCUT2D eigenvalue weighted by Crippen LogP contribution is 2.67. The third-order valence-corrected chi connectivity index (χ3v) is 10.6. The first-order valence-electron chi connectivity index (χ1n) is 13.9. The number of carbonyl (C=O) groups excluding carboxylic acids is 4. The number of primary amides is 1. The van der Waals surface area contributed by atoms with Crippen LogP contribution in [-0.2, 0) is 19.0 Å². The second kappa shape index (κ2) is 10.7. The van der Waals surface area contributed by atoms with E-state index >= 15 is 0 Å². The Morgan fingerprint density at radius 3 is 2.56 bits per heavy atom. The van der Waals surface area contributed by atoms with Crippen LogP contribution >= 0.6 is 0 Å². The van der Waals surface area contributed by atoms with Gasteiger partial charge in [0.05, 0.1) is 6.10 Å². The Labute approximate surface area is 229 Å². The van der Waals surface area contributed by atoms with Crippen LogP contribution in [-0.4, -0.2) is 66.7 Å². The van der Waals surface area contributed by atoms with Crippen LogP contribution in [0, 0.1) is 34.0 Å². The summed E-state index contributed by atoms with van der Waals surface area (Å²) in [5, 5.41) is 16.8. The van der Waals surface area contributed by atoms with E-state index in [0.717, 1.165) is 12.8 Å². The van der Waals surface area contributed by atoms with Crippen LogP contribution in [0.5, 0.6) is 0 Å². The number of amides is 3. The third kappa shape index (κ3) is 5.15. The Morgan fingerprint density at radius 1 is 1.21 bits per heavy atom. The zero-order valence-electron chi connectivity index (χ0n) is 23.4. The fourth-order valence-electron chi connectivity index (χ4n) is 8.11. The van der Waals surface area contributed by atoms with Gasteiger partial charge in [-0.1, -0.05) is 33.8 Å². The van der Waals surface area contributed by atoms with Gasteiger partial charge in [0, 0.05) is 42.2 Å². The number of ketones is 1. The van der Waals surface area contributed by atoms with Gasteiger partial charge in [0.2, 0.25) is 0 Å². The van der Waals surface area contributed by atoms with Gasteiger partial charge in [0.15, 0.2) is 0 Å². The molecule has 4 fully saturated rings. The summed E-state index contributed by atoms with van der Waals surface area (Å²) in [5.74, 6) is -0.266. The number of carbonyl (C=O) groups is 4. The number of aliphatic hydroxyl groups is 1. The van der Waals surface area contributed by atoms with E-state index in [1.54, 1.807) is 6.08 Å². The van der Waals surface area contributed by atoms with Crippen molar-refractivity contribution in [3.05, 3.63) is 12.7 Å². The number of Topliss-reactive ketones (excluding diaryl/α,β-unsaturated/α-hetero) is 1. The fourth-order valence-corrected chi connectivity index (χ4v) is 8.11. The number of hydrogen-bond donors (Lipinski definition) is 4. The lowest BCUT2D eigenvalue weighted by atomic mass is 9.44. The Bertz CT molecular complexity index is 1020. The number of aliphatic hydroxyl groups excluding tert-OH is 1. The SMILES string of the molecule is C=C[C@]1(C)C[C@@H](OC(=O)NC(=O)O[C@H]2CN[C@H](COC(N)=O)C2)[C@@]2(C)C(C)CC[C@]3(CCC(=O)[C@H]32)[C@@H](C)[C@@H]1O. The highest BCUT2D eigenvalue weighted by Gasteiger charge is 2.68. The summed E-state index contributed by atoms with van der Waals surface area (Å²) in [5.41, 5.74) is 3.14. The Kier molecular flexibility index (Phi) is 8.06. The standard InChI is InChI=1S/C28H43N3O8/c1-6-26(4)12-20(39-25(36)31-24(35)38-18-11-17(30-13-18)14-37-23(29)34)27(5)15(2)7-9-28(16(3)22(26)33)10-8-19(32)21(27)28/h6,15-18,20-22,30,33H,1,7-14H2,2-5H3,(H2,29,34)(H,31,35,36)/t15?,16-,17-,18+,20+,21-,22-,26+,27+,28-/m0/s1. The Hall–Kier alpha value is -2.66. The van der Waals surface area contributed by atoms with E-state index in [-0.39, 0.29) is 48.0 Å². The molecule has 0 aromatic heterocycles. The molecule has 10 atom stereocenters. The minimum Gasteiger partial charge on any atom is -0.448 e. The van der Waals surface area contributed by atoms with Gasteiger partial charge in [-0.3, -0.25) is 4.79 Å². The van der Waals surface area contributed by atoms with Crippen molar-refractivity contribution in [3.63, 3.8) is 0 Å². The highest BCUT2D eigenvalue weighted by molar-refractivity contribution is 5.88. The van der Waals surface area contributed by atoms with Gasteiger partial charge < -0.3 is 30.4 Å². The second-order valence-corrected chi connectivity index (χ2v) is 12.6. The molecule has 11 heteroatoms. The fraction of sp³-hybridized carbons (Fsp3) is 0.786. The molecule has 1 saturated heterocycles. The normalized spacial score (nSPS) is 43.4. The molecule has 3 aliphatic carbocycles. The summed E-state index contributed by atoms with van der Waals surface area (Å²) >= 11 is 0. The maximum Gasteiger partial charge on any atom is 0.416 e. The lowest BCUT2D eigenvalue weighted by Gasteiger charge is -2.61. The summed E-state index contributed by atoms with van der Waals surface area (Å²) in [7, 11) is 0. The van der Waals surface area contributed by atoms with E-state index in [1.165, 1.54) is 0 Å². The second-order valence-electron chi connectivity index (χ2n) is 12.6. The van der Waals surface area contributed by atoms with Crippen molar-refractivity contribution in [3.8, 4) is 0 Å². The predicted octanol–water partition coefficient (Wildman–Crippen LogP) is 3.04. The molecule has 5 N–H and O–H groups in total. The molecule has 0 aromatic carbocycles. The third-order valence-electron chi connectivity index (χ3n) is 10.6. The van der Waals surface area contributed by atoms with Gasteiger partial charge in [0.25, 0.3) is 0 Å². The van der Waals surface area contributed by atoms with Crippen molar-refractivity contribution < 1.29 is 38.5 Å². The van der Waals surface area contributed by atoms with Crippen LogP contribution in [0.15, 0.2) is 12.7 Å². The molecule has 39 heavy (non-hydrogen) atoms. The van der Waals surface area contributed by atoms with Crippen LogP contribution in [0.25, 0.3) is 0 Å². The number of nitrogens with two attached hydrogens (primary N) is 1. The van der Waals surface area contributed by atoms with Gasteiger partial charge in [-0.15, -0.1) is 6.58 Å². The van der Waals surface area contributed by atoms with E-state index in [2.05, 4.69) is 24.1 Å². The number of alkyl carbamates (subject to hydrolysis) is 2. The van der Waals surface area contributed by atoms with E-state index in [4.69, 9.17) is 19.9 Å². The number of ether oxygens (including phenoxy) is 3. The minimum absolute atomic E-state index is 0.0468. The van der Waals surface area contributed by atoms with E-state index in [1.807, 2.05) is 20.8 Å². The van der Waals surface area contributed by atoms with Crippen molar-refractivity contribution in [1.82, 2.24) is 10.6 Å². The molecule has 2 bridgehead atoms. The van der Waals surface area contributed by atoms with E-state index < -0.39 is 47.4 Å². The molecule has 1 heterocycles. The molecular weight excluding hydrogens is 506 g/mol. The van der Waals surface area contributed by atoms with Crippen molar-refractivity contribution >= 4 is 24.1 Å². The van der Waals surface area contributed by atoms with Crippen LogP contribution in [0.1, 0.15) is 66.2 Å². The topological polar surface area (TPSA) is 166 Å². The summed E-state index contributed by atoms with van der Waals surface area (Å²) in [6.07, 6.45) is 0.332. The maximum atomic E-state index is 13.5. The summed E-state index contributed by atoms with van der Waals surface area (Å²) < 4.78 is 16.1. The first-order chi connectivity index (χ1) is 18.3. The average molecular weight is 550 g/mol. The lowest BCUT2D eigenvalue weighted by molar-refractivity contribution is -0.191. The molecular formula is C28H43N3O8. The van der Waals surface area contributed by atoms with Crippen LogP contribution < -0.4 is 16.4 Å². The lowest BCUT2D eigenvalue weighted by Crippen LogP contribution is -2.63. The van der Waals surface area contributed by atoms with Crippen LogP contribution in [0.2, 0.25) is 0 Å². The van der Waals surface area contributed by atoms with Gasteiger partial charge in [-0.05, 0) is 42.9 Å². The quantitative estimate of drug-likeness (QED) is 0.298. The van der Waals surface area contributed by atoms with Crippen molar-refractivity contribution in [2.24, 2.45) is 39.7 Å². The molecule has 0 radical (unpaired) electrons. The monoisotopic (exact) mass is 549 g/mol. The maximum absolute atomic E-state index is 13.5. The first-order valence-corrected chi connectivity index (χ1v) is 13.9. The molecule has 4 rings (SSSR count). The molecule has 3 amide bonds. The Balaban J connectivity index is 1.51. The Morgan fingerprint density at radius 2 is 1.90 bits per heavy atom. The first kappa shape index (κ1) is 29.3. The molecule has 0 aromatic rings. The molecule has 0 spiro atoms. The molecule has 11 nitrogen and oxygen atoms in total. The van der Waals surface area contributed by atoms with Gasteiger partial charge in [0.1, 0.15) is 24.6 Å². The predicted molar refractivity (Wildman–Crippen MR) is 140 cm³/mol. The zero-order valence-corrected chi connectivity index (χ0v) is 23.4. The van der Waals surface area contributed by atoms with Gasteiger partial charge in [-0.25, -0.2) is 19.7 Å². The molecule has 4 aliphatic rings. The molecule has 218 valence electrons. The number of rotatable bonds is 5. The zero-order chi connectivity index (χ0) is 28.8. The average Bonchev–Trinajstić information content (AvgIpc) is 3.47. The number of imide groups is 1. The van der Waals surface area contributed by atoms with E-state index in [0.29, 0.717) is 25.8 Å². The van der Waals surface area contributed by atoms with E-state index in [9.17, 15) is 24.3 Å². The van der Waals surface area contributed by atoms with Gasteiger partial charge >= 0.3 is 18.3 Å². The van der Waals surface area contributed by atoms with Crippen LogP contribution in [0.3, 0.4) is 0 Å². The molecule has 3 saturated carbocycles. The highest BCUT2D eigenvalue weighted by atomic mass is 16.6. The van der Waals surface area contributed by atoms with Crippen molar-refractivity contribution in [1.29, 1.82) is 0 Å². The smallest absolute Gasteiger partial charge is 0.416 e. The summed E-state index contributed by atoms with van der Waals surface area (Å²) in [4.78, 5) is 49.9.